The maximum atomic E-state index is 16.1. The zero-order chi connectivity index (χ0) is 42.3. The van der Waals surface area contributed by atoms with E-state index in [2.05, 4.69) is 0 Å². The Labute approximate surface area is 343 Å². The van der Waals surface area contributed by atoms with E-state index in [0.29, 0.717) is 98.4 Å². The molecule has 0 atom stereocenters. The van der Waals surface area contributed by atoms with Gasteiger partial charge in [0.15, 0.2) is 0 Å². The summed E-state index contributed by atoms with van der Waals surface area (Å²) in [5.74, 6) is -6.26. The molecule has 10 aromatic carbocycles. The third-order valence-electron chi connectivity index (χ3n) is 11.8. The van der Waals surface area contributed by atoms with Crippen molar-refractivity contribution in [3.05, 3.63) is 180 Å². The summed E-state index contributed by atoms with van der Waals surface area (Å²) in [4.78, 5) is 0. The highest BCUT2D eigenvalue weighted by molar-refractivity contribution is 6.39. The molecule has 12 aromatic rings. The second kappa shape index (κ2) is 12.9. The van der Waals surface area contributed by atoms with Crippen LogP contribution in [-0.4, -0.2) is 0 Å². The summed E-state index contributed by atoms with van der Waals surface area (Å²) in [7, 11) is 0. The molecule has 0 aliphatic carbocycles. The van der Waals surface area contributed by atoms with Gasteiger partial charge in [0.05, 0.1) is 0 Å². The molecule has 12 rings (SSSR count). The van der Waals surface area contributed by atoms with Gasteiger partial charge in [-0.25, -0.2) is 35.1 Å². The highest BCUT2D eigenvalue weighted by Crippen LogP contribution is 2.52. The average molecular weight is 831 g/mol. The molecule has 10 heteroatoms. The van der Waals surface area contributed by atoms with Gasteiger partial charge < -0.3 is 8.83 Å². The number of fused-ring (bicyclic) bond motifs is 8. The Hall–Kier alpha value is -7.72. The first-order chi connectivity index (χ1) is 29.9. The SMILES string of the molecule is Fc1cc(F)cc(-c2ccc3c(c2)oc2c3cc3cc(-c4ccc(F)cc4F)c4c5oc6cc(-c7cc(F)cc(F)c7)ccc6c5cc5cc(-c6ccc(F)cc6F)c2c3c54)c1. The van der Waals surface area contributed by atoms with Gasteiger partial charge in [0.25, 0.3) is 0 Å². The number of hydrogen-bond acceptors (Lipinski definition) is 2. The van der Waals surface area contributed by atoms with Gasteiger partial charge in [0.2, 0.25) is 0 Å². The molecular formula is C52H22F8O2. The van der Waals surface area contributed by atoms with Gasteiger partial charge in [0, 0.05) is 78.5 Å². The zero-order valence-corrected chi connectivity index (χ0v) is 31.5. The van der Waals surface area contributed by atoms with Crippen LogP contribution < -0.4 is 0 Å². The van der Waals surface area contributed by atoms with Crippen molar-refractivity contribution in [3.63, 3.8) is 0 Å². The first kappa shape index (κ1) is 36.2. The summed E-state index contributed by atoms with van der Waals surface area (Å²) in [5, 5.41) is 5.52. The molecule has 0 fully saturated rings. The zero-order valence-electron chi connectivity index (χ0n) is 31.5. The minimum absolute atomic E-state index is 0.0631. The Kier molecular flexibility index (Phi) is 7.52. The number of furan rings is 2. The smallest absolute Gasteiger partial charge is 0.143 e. The monoisotopic (exact) mass is 830 g/mol. The molecule has 2 nitrogen and oxygen atoms in total. The lowest BCUT2D eigenvalue weighted by Crippen LogP contribution is -1.95. The minimum atomic E-state index is -0.839. The summed E-state index contributed by atoms with van der Waals surface area (Å²) < 4.78 is 132. The Morgan fingerprint density at radius 1 is 0.274 bits per heavy atom. The molecule has 2 heterocycles. The molecule has 0 N–H and O–H groups in total. The Morgan fingerprint density at radius 2 is 0.677 bits per heavy atom. The van der Waals surface area contributed by atoms with Crippen LogP contribution >= 0.6 is 0 Å². The summed E-state index contributed by atoms with van der Waals surface area (Å²) in [5.41, 5.74) is 3.66. The van der Waals surface area contributed by atoms with E-state index in [0.717, 1.165) is 36.4 Å². The van der Waals surface area contributed by atoms with Gasteiger partial charge in [-0.15, -0.1) is 0 Å². The molecule has 2 aromatic heterocycles. The minimum Gasteiger partial charge on any atom is -0.455 e. The van der Waals surface area contributed by atoms with Crippen molar-refractivity contribution >= 4 is 76.2 Å². The quantitative estimate of drug-likeness (QED) is 0.130. The topological polar surface area (TPSA) is 26.3 Å². The molecule has 0 saturated heterocycles. The summed E-state index contributed by atoms with van der Waals surface area (Å²) in [6, 6.07) is 30.3. The van der Waals surface area contributed by atoms with Crippen molar-refractivity contribution in [3.8, 4) is 44.5 Å². The molecule has 298 valence electrons. The first-order valence-electron chi connectivity index (χ1n) is 19.3. The highest BCUT2D eigenvalue weighted by Gasteiger charge is 2.27. The second-order valence-corrected chi connectivity index (χ2v) is 15.5. The van der Waals surface area contributed by atoms with E-state index < -0.39 is 46.5 Å². The first-order valence-corrected chi connectivity index (χ1v) is 19.3. The predicted octanol–water partition coefficient (Wildman–Crippen LogP) is 16.2. The largest absolute Gasteiger partial charge is 0.455 e. The number of halogens is 8. The molecule has 0 radical (unpaired) electrons. The third kappa shape index (κ3) is 5.35. The van der Waals surface area contributed by atoms with E-state index in [1.807, 2.05) is 12.1 Å². The van der Waals surface area contributed by atoms with Crippen molar-refractivity contribution in [2.45, 2.75) is 0 Å². The van der Waals surface area contributed by atoms with Crippen LogP contribution in [-0.2, 0) is 0 Å². The van der Waals surface area contributed by atoms with Crippen LogP contribution in [0.15, 0.2) is 142 Å². The molecular weight excluding hydrogens is 809 g/mol. The molecule has 0 spiro atoms. The molecule has 0 bridgehead atoms. The van der Waals surface area contributed by atoms with Gasteiger partial charge in [-0.2, -0.15) is 0 Å². The lowest BCUT2D eigenvalue weighted by atomic mass is 9.83. The number of hydrogen-bond donors (Lipinski definition) is 0. The normalized spacial score (nSPS) is 12.2. The van der Waals surface area contributed by atoms with Crippen molar-refractivity contribution in [1.82, 2.24) is 0 Å². The fraction of sp³-hybridized carbons (Fsp3) is 0. The Bertz CT molecular complexity index is 3620. The van der Waals surface area contributed by atoms with Gasteiger partial charge >= 0.3 is 0 Å². The maximum absolute atomic E-state index is 16.1. The lowest BCUT2D eigenvalue weighted by Gasteiger charge is -2.19. The molecule has 62 heavy (non-hydrogen) atoms. The maximum Gasteiger partial charge on any atom is 0.143 e. The molecule has 0 unspecified atom stereocenters. The third-order valence-corrected chi connectivity index (χ3v) is 11.8. The van der Waals surface area contributed by atoms with E-state index in [-0.39, 0.29) is 22.3 Å². The van der Waals surface area contributed by atoms with Gasteiger partial charge in [-0.1, -0.05) is 12.1 Å². The van der Waals surface area contributed by atoms with Crippen LogP contribution in [0.2, 0.25) is 0 Å². The Morgan fingerprint density at radius 3 is 1.06 bits per heavy atom. The van der Waals surface area contributed by atoms with Crippen LogP contribution in [0.4, 0.5) is 35.1 Å². The van der Waals surface area contributed by atoms with Gasteiger partial charge in [-0.05, 0) is 141 Å². The van der Waals surface area contributed by atoms with E-state index in [1.165, 1.54) is 36.4 Å². The van der Waals surface area contributed by atoms with Crippen LogP contribution in [0.3, 0.4) is 0 Å². The average Bonchev–Trinajstić information content (AvgIpc) is 3.78. The lowest BCUT2D eigenvalue weighted by molar-refractivity contribution is 0.583. The fourth-order valence-electron chi connectivity index (χ4n) is 9.24. The van der Waals surface area contributed by atoms with Crippen LogP contribution in [0.25, 0.3) is 121 Å². The Balaban J connectivity index is 1.25. The molecule has 0 saturated carbocycles. The number of benzene rings is 10. The predicted molar refractivity (Wildman–Crippen MR) is 226 cm³/mol. The molecule has 0 aliphatic rings. The van der Waals surface area contributed by atoms with E-state index in [4.69, 9.17) is 8.83 Å². The second-order valence-electron chi connectivity index (χ2n) is 15.5. The van der Waals surface area contributed by atoms with Crippen molar-refractivity contribution in [2.75, 3.05) is 0 Å². The number of rotatable bonds is 4. The van der Waals surface area contributed by atoms with E-state index in [9.17, 15) is 26.3 Å². The van der Waals surface area contributed by atoms with Crippen LogP contribution in [0, 0.1) is 46.5 Å². The van der Waals surface area contributed by atoms with Gasteiger partial charge in [0.1, 0.15) is 68.9 Å². The van der Waals surface area contributed by atoms with Crippen LogP contribution in [0.1, 0.15) is 0 Å². The van der Waals surface area contributed by atoms with E-state index >= 15 is 8.78 Å². The van der Waals surface area contributed by atoms with Crippen molar-refractivity contribution < 1.29 is 44.0 Å². The summed E-state index contributed by atoms with van der Waals surface area (Å²) >= 11 is 0. The van der Waals surface area contributed by atoms with Crippen LogP contribution in [0.5, 0.6) is 0 Å². The van der Waals surface area contributed by atoms with Crippen molar-refractivity contribution in [2.24, 2.45) is 0 Å². The fourth-order valence-corrected chi connectivity index (χ4v) is 9.24. The van der Waals surface area contributed by atoms with Gasteiger partial charge in [-0.3, -0.25) is 0 Å². The summed E-state index contributed by atoms with van der Waals surface area (Å²) in [6.45, 7) is 0. The standard InChI is InChI=1S/C52H22F8O2/c53-29-3-7-35(43(59)21-29)39-14-28-16-42-38-6-2-24(26-11-33(57)20-34(58)12-26)18-46(38)62-52(42)50-40(36-8-4-30(54)22-44(36)60)13-27-15-41-37-5-1-23(25-9-31(55)19-32(56)10-25)17-45(37)61-51(41)49(39)47(27)48(28)50/h1-22H. The highest BCUT2D eigenvalue weighted by atomic mass is 19.2. The molecule has 0 amide bonds. The molecule has 0 aliphatic heterocycles. The summed E-state index contributed by atoms with van der Waals surface area (Å²) in [6.07, 6.45) is 0. The van der Waals surface area contributed by atoms with E-state index in [1.54, 1.807) is 48.5 Å². The van der Waals surface area contributed by atoms with Crippen molar-refractivity contribution in [1.29, 1.82) is 0 Å².